The predicted molar refractivity (Wildman–Crippen MR) is 108 cm³/mol. The Kier molecular flexibility index (Phi) is 7.46. The molecule has 2 rings (SSSR count). The summed E-state index contributed by atoms with van der Waals surface area (Å²) >= 11 is 0. The van der Waals surface area contributed by atoms with Crippen molar-refractivity contribution < 1.29 is 12.8 Å². The second-order valence-corrected chi connectivity index (χ2v) is 13.8. The van der Waals surface area contributed by atoms with Gasteiger partial charge in [-0.1, -0.05) is 48.8 Å². The van der Waals surface area contributed by atoms with Crippen molar-refractivity contribution in [3.8, 4) is 5.69 Å². The van der Waals surface area contributed by atoms with Gasteiger partial charge in [0.1, 0.15) is 0 Å². The van der Waals surface area contributed by atoms with Gasteiger partial charge >= 0.3 is 0 Å². The molecule has 0 N–H and O–H groups in total. The molecule has 1 unspecified atom stereocenters. The second kappa shape index (κ2) is 9.38. The van der Waals surface area contributed by atoms with Crippen molar-refractivity contribution in [2.45, 2.75) is 57.1 Å². The van der Waals surface area contributed by atoms with E-state index >= 15 is 0 Å². The van der Waals surface area contributed by atoms with E-state index in [9.17, 15) is 8.42 Å². The number of tetrazole rings is 1. The molecular weight excluding hydrogens is 380 g/mol. The van der Waals surface area contributed by atoms with Gasteiger partial charge in [0.25, 0.3) is 5.16 Å². The third-order valence-electron chi connectivity index (χ3n) is 3.70. The van der Waals surface area contributed by atoms with Crippen LogP contribution in [0.5, 0.6) is 0 Å². The number of allylic oxidation sites excluding steroid dienone is 1. The van der Waals surface area contributed by atoms with Crippen molar-refractivity contribution in [3.05, 3.63) is 42.5 Å². The molecule has 0 fully saturated rings. The van der Waals surface area contributed by atoms with E-state index in [0.717, 1.165) is 12.8 Å². The van der Waals surface area contributed by atoms with Gasteiger partial charge < -0.3 is 4.43 Å². The Hall–Kier alpha value is -1.84. The Bertz CT molecular complexity index is 845. The van der Waals surface area contributed by atoms with Crippen LogP contribution in [0.2, 0.25) is 19.6 Å². The molecular formula is C18H28N4O3SSi. The van der Waals surface area contributed by atoms with Crippen molar-refractivity contribution in [1.82, 2.24) is 20.2 Å². The third kappa shape index (κ3) is 6.67. The van der Waals surface area contributed by atoms with Crippen LogP contribution in [0.1, 0.15) is 26.2 Å². The SMILES string of the molecule is CCC/C=C/C(CCS(=O)(=O)c1nnnn1-c1ccccc1)O[Si](C)(C)C. The molecule has 1 aromatic heterocycles. The molecule has 0 radical (unpaired) electrons. The van der Waals surface area contributed by atoms with E-state index in [1.807, 2.05) is 24.3 Å². The summed E-state index contributed by atoms with van der Waals surface area (Å²) < 4.78 is 33.1. The zero-order valence-electron chi connectivity index (χ0n) is 16.4. The Labute approximate surface area is 162 Å². The number of para-hydroxylation sites is 1. The first-order valence-electron chi connectivity index (χ1n) is 9.14. The monoisotopic (exact) mass is 408 g/mol. The molecule has 0 amide bonds. The summed E-state index contributed by atoms with van der Waals surface area (Å²) in [5.74, 6) is -0.0776. The summed E-state index contributed by atoms with van der Waals surface area (Å²) in [6, 6.07) is 9.00. The van der Waals surface area contributed by atoms with Gasteiger partial charge in [-0.2, -0.15) is 4.68 Å². The molecule has 0 spiro atoms. The summed E-state index contributed by atoms with van der Waals surface area (Å²) in [5, 5.41) is 11.0. The molecule has 9 heteroatoms. The normalized spacial score (nSPS) is 13.9. The first-order valence-corrected chi connectivity index (χ1v) is 14.2. The second-order valence-electron chi connectivity index (χ2n) is 7.30. The molecule has 0 aliphatic rings. The molecule has 0 aliphatic carbocycles. The minimum atomic E-state index is -3.65. The fourth-order valence-corrected chi connectivity index (χ4v) is 4.93. The summed E-state index contributed by atoms with van der Waals surface area (Å²) in [7, 11) is -5.45. The molecule has 148 valence electrons. The molecule has 0 aliphatic heterocycles. The summed E-state index contributed by atoms with van der Waals surface area (Å²) in [6.07, 6.45) is 6.18. The highest BCUT2D eigenvalue weighted by Crippen LogP contribution is 2.17. The van der Waals surface area contributed by atoms with Crippen molar-refractivity contribution >= 4 is 18.2 Å². The highest BCUT2D eigenvalue weighted by Gasteiger charge is 2.26. The van der Waals surface area contributed by atoms with E-state index in [0.29, 0.717) is 12.1 Å². The van der Waals surface area contributed by atoms with Crippen LogP contribution in [0.25, 0.3) is 5.69 Å². The zero-order valence-corrected chi connectivity index (χ0v) is 18.2. The molecule has 1 heterocycles. The molecule has 1 atom stereocenters. The first-order chi connectivity index (χ1) is 12.7. The van der Waals surface area contributed by atoms with Gasteiger partial charge in [-0.05, 0) is 55.0 Å². The molecule has 2 aromatic rings. The standard InChI is InChI=1S/C18H28N4O3SSi/c1-5-6-8-13-17(25-27(2,3)4)14-15-26(23,24)18-19-20-21-22(18)16-11-9-7-10-12-16/h7-13,17H,5-6,14-15H2,1-4H3/b13-8+. The topological polar surface area (TPSA) is 87.0 Å². The number of sulfone groups is 1. The fourth-order valence-electron chi connectivity index (χ4n) is 2.53. The molecule has 27 heavy (non-hydrogen) atoms. The Morgan fingerprint density at radius 1 is 1.22 bits per heavy atom. The summed E-state index contributed by atoms with van der Waals surface area (Å²) in [6.45, 7) is 8.39. The maximum atomic E-state index is 12.9. The fraction of sp³-hybridized carbons (Fsp3) is 0.500. The van der Waals surface area contributed by atoms with Crippen LogP contribution in [0.15, 0.2) is 47.6 Å². The highest BCUT2D eigenvalue weighted by atomic mass is 32.2. The van der Waals surface area contributed by atoms with E-state index in [1.54, 1.807) is 12.1 Å². The number of nitrogens with zero attached hydrogens (tertiary/aromatic N) is 4. The maximum Gasteiger partial charge on any atom is 0.272 e. The van der Waals surface area contributed by atoms with Crippen molar-refractivity contribution in [1.29, 1.82) is 0 Å². The molecule has 7 nitrogen and oxygen atoms in total. The lowest BCUT2D eigenvalue weighted by atomic mass is 10.2. The zero-order chi connectivity index (χ0) is 19.9. The van der Waals surface area contributed by atoms with E-state index in [4.69, 9.17) is 4.43 Å². The van der Waals surface area contributed by atoms with Gasteiger partial charge in [0.2, 0.25) is 9.84 Å². The van der Waals surface area contributed by atoms with Crippen LogP contribution in [-0.4, -0.2) is 48.8 Å². The average molecular weight is 409 g/mol. The average Bonchev–Trinajstić information content (AvgIpc) is 3.10. The van der Waals surface area contributed by atoms with Gasteiger partial charge in [-0.15, -0.1) is 0 Å². The van der Waals surface area contributed by atoms with Crippen molar-refractivity contribution in [2.24, 2.45) is 0 Å². The number of unbranched alkanes of at least 4 members (excludes halogenated alkanes) is 1. The van der Waals surface area contributed by atoms with Crippen molar-refractivity contribution in [3.63, 3.8) is 0 Å². The Morgan fingerprint density at radius 2 is 1.93 bits per heavy atom. The van der Waals surface area contributed by atoms with Crippen LogP contribution in [0.3, 0.4) is 0 Å². The number of benzene rings is 1. The lowest BCUT2D eigenvalue weighted by molar-refractivity contribution is 0.238. The van der Waals surface area contributed by atoms with E-state index in [-0.39, 0.29) is 17.0 Å². The van der Waals surface area contributed by atoms with Crippen LogP contribution >= 0.6 is 0 Å². The Morgan fingerprint density at radius 3 is 2.56 bits per heavy atom. The summed E-state index contributed by atoms with van der Waals surface area (Å²) in [5.41, 5.74) is 0.610. The van der Waals surface area contributed by atoms with Crippen LogP contribution in [0.4, 0.5) is 0 Å². The highest BCUT2D eigenvalue weighted by molar-refractivity contribution is 7.91. The van der Waals surface area contributed by atoms with Gasteiger partial charge in [0.15, 0.2) is 8.32 Å². The molecule has 0 bridgehead atoms. The van der Waals surface area contributed by atoms with E-state index in [2.05, 4.69) is 48.2 Å². The van der Waals surface area contributed by atoms with E-state index < -0.39 is 18.2 Å². The number of hydrogen-bond donors (Lipinski definition) is 0. The molecule has 0 saturated heterocycles. The van der Waals surface area contributed by atoms with E-state index in [1.165, 1.54) is 4.68 Å². The van der Waals surface area contributed by atoms with Crippen LogP contribution < -0.4 is 0 Å². The lowest BCUT2D eigenvalue weighted by Crippen LogP contribution is -2.32. The predicted octanol–water partition coefficient (Wildman–Crippen LogP) is 3.40. The quantitative estimate of drug-likeness (QED) is 0.442. The third-order valence-corrected chi connectivity index (χ3v) is 6.30. The van der Waals surface area contributed by atoms with Gasteiger partial charge in [0.05, 0.1) is 17.5 Å². The first kappa shape index (κ1) is 21.5. The largest absolute Gasteiger partial charge is 0.411 e. The minimum Gasteiger partial charge on any atom is -0.411 e. The van der Waals surface area contributed by atoms with Gasteiger partial charge in [-0.25, -0.2) is 8.42 Å². The van der Waals surface area contributed by atoms with Crippen LogP contribution in [0, 0.1) is 0 Å². The van der Waals surface area contributed by atoms with Gasteiger partial charge in [-0.3, -0.25) is 0 Å². The van der Waals surface area contributed by atoms with Crippen LogP contribution in [-0.2, 0) is 14.3 Å². The Balaban J connectivity index is 2.16. The number of rotatable bonds is 10. The maximum absolute atomic E-state index is 12.9. The molecule has 1 aromatic carbocycles. The summed E-state index contributed by atoms with van der Waals surface area (Å²) in [4.78, 5) is 0. The minimum absolute atomic E-state index is 0.0776. The smallest absolute Gasteiger partial charge is 0.272 e. The van der Waals surface area contributed by atoms with Crippen molar-refractivity contribution in [2.75, 3.05) is 5.75 Å². The lowest BCUT2D eigenvalue weighted by Gasteiger charge is -2.24. The number of hydrogen-bond acceptors (Lipinski definition) is 6. The molecule has 0 saturated carbocycles. The number of aromatic nitrogens is 4. The van der Waals surface area contributed by atoms with Gasteiger partial charge in [0, 0.05) is 0 Å².